The summed E-state index contributed by atoms with van der Waals surface area (Å²) in [6.07, 6.45) is 2.44. The van der Waals surface area contributed by atoms with E-state index < -0.39 is 0 Å². The lowest BCUT2D eigenvalue weighted by molar-refractivity contribution is 0.348. The molecule has 0 radical (unpaired) electrons. The van der Waals surface area contributed by atoms with E-state index in [0.717, 1.165) is 24.0 Å². The van der Waals surface area contributed by atoms with Crippen LogP contribution in [-0.2, 0) is 6.54 Å². The normalized spacial score (nSPS) is 12.5. The molecule has 0 saturated carbocycles. The largest absolute Gasteiger partial charge is 0.493 e. The highest BCUT2D eigenvalue weighted by Gasteiger charge is 2.13. The number of ether oxygens (including phenoxy) is 2. The maximum absolute atomic E-state index is 5.32. The van der Waals surface area contributed by atoms with Crippen molar-refractivity contribution in [2.75, 3.05) is 14.2 Å². The molecule has 0 aliphatic carbocycles. The molecule has 1 N–H and O–H groups in total. The quantitative estimate of drug-likeness (QED) is 0.778. The Bertz CT molecular complexity index is 375. The monoisotopic (exact) mass is 265 g/mol. The molecule has 0 spiro atoms. The van der Waals surface area contributed by atoms with Gasteiger partial charge in [-0.25, -0.2) is 0 Å². The zero-order valence-corrected chi connectivity index (χ0v) is 12.8. The van der Waals surface area contributed by atoms with Crippen molar-refractivity contribution >= 4 is 0 Å². The number of nitrogens with one attached hydrogen (secondary N) is 1. The van der Waals surface area contributed by atoms with Crippen molar-refractivity contribution in [1.82, 2.24) is 5.32 Å². The standard InChI is InChI=1S/C16H27NO2/c1-6-14(7-2)12(3)17-11-13-8-9-15(18-4)16(10-13)19-5/h8-10,12,14,17H,6-7,11H2,1-5H3. The van der Waals surface area contributed by atoms with Gasteiger partial charge in [0.1, 0.15) is 0 Å². The summed E-state index contributed by atoms with van der Waals surface area (Å²) in [4.78, 5) is 0. The summed E-state index contributed by atoms with van der Waals surface area (Å²) in [5.41, 5.74) is 1.22. The summed E-state index contributed by atoms with van der Waals surface area (Å²) in [6, 6.07) is 6.60. The van der Waals surface area contributed by atoms with Crippen LogP contribution in [0.4, 0.5) is 0 Å². The van der Waals surface area contributed by atoms with Gasteiger partial charge in [-0.3, -0.25) is 0 Å². The highest BCUT2D eigenvalue weighted by atomic mass is 16.5. The van der Waals surface area contributed by atoms with E-state index in [1.807, 2.05) is 12.1 Å². The van der Waals surface area contributed by atoms with Crippen molar-refractivity contribution in [3.05, 3.63) is 23.8 Å². The fourth-order valence-electron chi connectivity index (χ4n) is 2.43. The zero-order chi connectivity index (χ0) is 14.3. The predicted molar refractivity (Wildman–Crippen MR) is 79.9 cm³/mol. The first-order chi connectivity index (χ1) is 9.15. The number of rotatable bonds is 8. The first-order valence-electron chi connectivity index (χ1n) is 7.10. The van der Waals surface area contributed by atoms with Crippen LogP contribution in [0.1, 0.15) is 39.2 Å². The van der Waals surface area contributed by atoms with Gasteiger partial charge in [0.25, 0.3) is 0 Å². The van der Waals surface area contributed by atoms with Crippen molar-refractivity contribution in [2.45, 2.75) is 46.2 Å². The van der Waals surface area contributed by atoms with E-state index in [4.69, 9.17) is 9.47 Å². The van der Waals surface area contributed by atoms with Gasteiger partial charge in [-0.2, -0.15) is 0 Å². The third kappa shape index (κ3) is 4.43. The summed E-state index contributed by atoms with van der Waals surface area (Å²) in [5, 5.41) is 3.59. The minimum absolute atomic E-state index is 0.531. The van der Waals surface area contributed by atoms with Crippen molar-refractivity contribution in [3.8, 4) is 11.5 Å². The van der Waals surface area contributed by atoms with Gasteiger partial charge in [0.15, 0.2) is 11.5 Å². The molecule has 0 amide bonds. The molecule has 19 heavy (non-hydrogen) atoms. The van der Waals surface area contributed by atoms with Crippen molar-refractivity contribution in [2.24, 2.45) is 5.92 Å². The Kier molecular flexibility index (Phi) is 6.71. The average Bonchev–Trinajstić information content (AvgIpc) is 2.45. The van der Waals surface area contributed by atoms with Crippen LogP contribution in [0.5, 0.6) is 11.5 Å². The van der Waals surface area contributed by atoms with Crippen LogP contribution in [0.3, 0.4) is 0 Å². The van der Waals surface area contributed by atoms with Gasteiger partial charge in [-0.1, -0.05) is 32.8 Å². The minimum Gasteiger partial charge on any atom is -0.493 e. The molecule has 3 heteroatoms. The molecular weight excluding hydrogens is 238 g/mol. The molecule has 0 saturated heterocycles. The van der Waals surface area contributed by atoms with Gasteiger partial charge in [0.2, 0.25) is 0 Å². The fraction of sp³-hybridized carbons (Fsp3) is 0.625. The highest BCUT2D eigenvalue weighted by molar-refractivity contribution is 5.42. The van der Waals surface area contributed by atoms with Crippen LogP contribution in [0, 0.1) is 5.92 Å². The fourth-order valence-corrected chi connectivity index (χ4v) is 2.43. The Hall–Kier alpha value is -1.22. The van der Waals surface area contributed by atoms with Gasteiger partial charge < -0.3 is 14.8 Å². The van der Waals surface area contributed by atoms with E-state index in [2.05, 4.69) is 32.2 Å². The zero-order valence-electron chi connectivity index (χ0n) is 12.8. The molecule has 1 atom stereocenters. The van der Waals surface area contributed by atoms with E-state index in [-0.39, 0.29) is 0 Å². The Morgan fingerprint density at radius 3 is 2.21 bits per heavy atom. The maximum Gasteiger partial charge on any atom is 0.161 e. The number of hydrogen-bond acceptors (Lipinski definition) is 3. The Morgan fingerprint density at radius 1 is 1.05 bits per heavy atom. The Labute approximate surface area is 117 Å². The molecular formula is C16H27NO2. The molecule has 0 fully saturated rings. The van der Waals surface area contributed by atoms with Crippen LogP contribution in [0.25, 0.3) is 0 Å². The molecule has 0 aliphatic heterocycles. The molecule has 0 aromatic heterocycles. The summed E-state index contributed by atoms with van der Waals surface area (Å²) in [6.45, 7) is 7.63. The first-order valence-corrected chi connectivity index (χ1v) is 7.10. The predicted octanol–water partition coefficient (Wildman–Crippen LogP) is 3.62. The van der Waals surface area contributed by atoms with E-state index in [0.29, 0.717) is 6.04 Å². The molecule has 0 aliphatic rings. The minimum atomic E-state index is 0.531. The Balaban J connectivity index is 2.62. The highest BCUT2D eigenvalue weighted by Crippen LogP contribution is 2.27. The van der Waals surface area contributed by atoms with Gasteiger partial charge in [-0.05, 0) is 30.5 Å². The summed E-state index contributed by atoms with van der Waals surface area (Å²) in [7, 11) is 3.33. The van der Waals surface area contributed by atoms with Crippen LogP contribution >= 0.6 is 0 Å². The molecule has 3 nitrogen and oxygen atoms in total. The molecule has 1 rings (SSSR count). The van der Waals surface area contributed by atoms with E-state index >= 15 is 0 Å². The third-order valence-electron chi connectivity index (χ3n) is 3.83. The van der Waals surface area contributed by atoms with Gasteiger partial charge in [-0.15, -0.1) is 0 Å². The Morgan fingerprint density at radius 2 is 1.68 bits per heavy atom. The molecule has 1 aromatic carbocycles. The van der Waals surface area contributed by atoms with Crippen molar-refractivity contribution in [3.63, 3.8) is 0 Å². The van der Waals surface area contributed by atoms with Crippen LogP contribution < -0.4 is 14.8 Å². The van der Waals surface area contributed by atoms with Gasteiger partial charge in [0, 0.05) is 12.6 Å². The van der Waals surface area contributed by atoms with Gasteiger partial charge in [0.05, 0.1) is 14.2 Å². The van der Waals surface area contributed by atoms with E-state index in [1.165, 1.54) is 18.4 Å². The van der Waals surface area contributed by atoms with Crippen LogP contribution in [0.15, 0.2) is 18.2 Å². The molecule has 108 valence electrons. The van der Waals surface area contributed by atoms with Crippen molar-refractivity contribution < 1.29 is 9.47 Å². The van der Waals surface area contributed by atoms with Crippen LogP contribution in [0.2, 0.25) is 0 Å². The maximum atomic E-state index is 5.32. The topological polar surface area (TPSA) is 30.5 Å². The summed E-state index contributed by atoms with van der Waals surface area (Å²) in [5.74, 6) is 2.30. The third-order valence-corrected chi connectivity index (χ3v) is 3.83. The SMILES string of the molecule is CCC(CC)C(C)NCc1ccc(OC)c(OC)c1. The molecule has 0 heterocycles. The smallest absolute Gasteiger partial charge is 0.161 e. The van der Waals surface area contributed by atoms with Crippen LogP contribution in [-0.4, -0.2) is 20.3 Å². The lowest BCUT2D eigenvalue weighted by atomic mass is 9.95. The summed E-state index contributed by atoms with van der Waals surface area (Å²) < 4.78 is 10.6. The van der Waals surface area contributed by atoms with Crippen molar-refractivity contribution in [1.29, 1.82) is 0 Å². The number of benzene rings is 1. The lowest BCUT2D eigenvalue weighted by Gasteiger charge is -2.22. The molecule has 1 unspecified atom stereocenters. The molecule has 1 aromatic rings. The second kappa shape index (κ2) is 8.05. The van der Waals surface area contributed by atoms with E-state index in [1.54, 1.807) is 14.2 Å². The first kappa shape index (κ1) is 15.8. The number of hydrogen-bond donors (Lipinski definition) is 1. The average molecular weight is 265 g/mol. The number of methoxy groups -OCH3 is 2. The van der Waals surface area contributed by atoms with E-state index in [9.17, 15) is 0 Å². The van der Waals surface area contributed by atoms with Gasteiger partial charge >= 0.3 is 0 Å². The lowest BCUT2D eigenvalue weighted by Crippen LogP contribution is -2.32. The second-order valence-corrected chi connectivity index (χ2v) is 4.94. The molecule has 0 bridgehead atoms. The summed E-state index contributed by atoms with van der Waals surface area (Å²) >= 11 is 0. The second-order valence-electron chi connectivity index (χ2n) is 4.94.